The van der Waals surface area contributed by atoms with Crippen LogP contribution in [-0.2, 0) is 9.59 Å². The summed E-state index contributed by atoms with van der Waals surface area (Å²) in [7, 11) is 0. The maximum absolute atomic E-state index is 12.7. The largest absolute Gasteiger partial charge is 0.550 e. The molecular formula is C14H15FNO3-. The highest BCUT2D eigenvalue weighted by Gasteiger charge is 2.31. The summed E-state index contributed by atoms with van der Waals surface area (Å²) < 4.78 is 12.7. The highest BCUT2D eigenvalue weighted by molar-refractivity contribution is 5.94. The number of nitrogens with one attached hydrogen (secondary N) is 1. The van der Waals surface area contributed by atoms with Crippen molar-refractivity contribution in [1.29, 1.82) is 0 Å². The molecule has 4 nitrogen and oxygen atoms in total. The molecule has 0 spiro atoms. The van der Waals surface area contributed by atoms with Crippen LogP contribution in [0.2, 0.25) is 0 Å². The molecule has 0 heterocycles. The van der Waals surface area contributed by atoms with Crippen LogP contribution in [0, 0.1) is 17.7 Å². The van der Waals surface area contributed by atoms with Crippen LogP contribution in [0.15, 0.2) is 24.3 Å². The molecule has 0 radical (unpaired) electrons. The number of amides is 1. The first-order valence-corrected chi connectivity index (χ1v) is 6.35. The van der Waals surface area contributed by atoms with E-state index in [2.05, 4.69) is 5.32 Å². The summed E-state index contributed by atoms with van der Waals surface area (Å²) >= 11 is 0. The number of rotatable bonds is 3. The average molecular weight is 264 g/mol. The molecule has 1 fully saturated rings. The molecule has 1 amide bonds. The fraction of sp³-hybridized carbons (Fsp3) is 0.429. The van der Waals surface area contributed by atoms with Crippen molar-refractivity contribution in [2.45, 2.75) is 25.7 Å². The fourth-order valence-corrected chi connectivity index (χ4v) is 2.49. The normalized spacial score (nSPS) is 22.8. The van der Waals surface area contributed by atoms with Gasteiger partial charge in [-0.25, -0.2) is 4.39 Å². The topological polar surface area (TPSA) is 69.2 Å². The summed E-state index contributed by atoms with van der Waals surface area (Å²) in [5.41, 5.74) is 0.467. The maximum atomic E-state index is 12.7. The zero-order valence-corrected chi connectivity index (χ0v) is 10.4. The first-order chi connectivity index (χ1) is 9.08. The third kappa shape index (κ3) is 3.30. The number of hydrogen-bond acceptors (Lipinski definition) is 3. The van der Waals surface area contributed by atoms with Gasteiger partial charge in [0.1, 0.15) is 5.82 Å². The van der Waals surface area contributed by atoms with Crippen LogP contribution in [0.3, 0.4) is 0 Å². The van der Waals surface area contributed by atoms with Crippen molar-refractivity contribution in [2.24, 2.45) is 11.8 Å². The van der Waals surface area contributed by atoms with E-state index in [9.17, 15) is 19.1 Å². The second-order valence-corrected chi connectivity index (χ2v) is 4.81. The molecule has 0 bridgehead atoms. The number of carbonyl (C=O) groups excluding carboxylic acids is 2. The van der Waals surface area contributed by atoms with Gasteiger partial charge in [0.2, 0.25) is 5.91 Å². The van der Waals surface area contributed by atoms with Crippen LogP contribution in [0.25, 0.3) is 0 Å². The highest BCUT2D eigenvalue weighted by Crippen LogP contribution is 2.30. The lowest BCUT2D eigenvalue weighted by molar-refractivity contribution is -0.313. The molecule has 2 rings (SSSR count). The lowest BCUT2D eigenvalue weighted by atomic mass is 9.78. The van der Waals surface area contributed by atoms with Crippen molar-refractivity contribution in [1.82, 2.24) is 0 Å². The highest BCUT2D eigenvalue weighted by atomic mass is 19.1. The molecule has 1 N–H and O–H groups in total. The third-order valence-electron chi connectivity index (χ3n) is 3.52. The Morgan fingerprint density at radius 3 is 2.26 bits per heavy atom. The van der Waals surface area contributed by atoms with E-state index in [1.54, 1.807) is 0 Å². The molecule has 0 saturated heterocycles. The van der Waals surface area contributed by atoms with Gasteiger partial charge in [-0.3, -0.25) is 4.79 Å². The van der Waals surface area contributed by atoms with E-state index in [4.69, 9.17) is 0 Å². The molecule has 1 aliphatic rings. The van der Waals surface area contributed by atoms with E-state index in [-0.39, 0.29) is 11.7 Å². The number of halogens is 1. The first kappa shape index (κ1) is 13.5. The van der Waals surface area contributed by atoms with E-state index in [0.717, 1.165) is 12.8 Å². The molecular weight excluding hydrogens is 249 g/mol. The van der Waals surface area contributed by atoms with Crippen LogP contribution in [0.5, 0.6) is 0 Å². The maximum Gasteiger partial charge on any atom is 0.228 e. The molecule has 0 unspecified atom stereocenters. The lowest BCUT2D eigenvalue weighted by Gasteiger charge is -2.31. The van der Waals surface area contributed by atoms with Crippen molar-refractivity contribution in [2.75, 3.05) is 5.32 Å². The number of anilines is 1. The van der Waals surface area contributed by atoms with Gasteiger partial charge in [0.25, 0.3) is 0 Å². The minimum atomic E-state index is -1.17. The van der Waals surface area contributed by atoms with Gasteiger partial charge < -0.3 is 15.2 Å². The minimum absolute atomic E-state index is 0.333. The molecule has 0 aromatic heterocycles. The first-order valence-electron chi connectivity index (χ1n) is 6.35. The quantitative estimate of drug-likeness (QED) is 0.895. The Balaban J connectivity index is 2.05. The third-order valence-corrected chi connectivity index (χ3v) is 3.52. The van der Waals surface area contributed by atoms with E-state index in [1.165, 1.54) is 24.3 Å². The van der Waals surface area contributed by atoms with Crippen LogP contribution in [0.4, 0.5) is 10.1 Å². The van der Waals surface area contributed by atoms with Crippen molar-refractivity contribution < 1.29 is 19.1 Å². The standard InChI is InChI=1S/C14H16FNO3/c15-9-5-7-10(8-6-9)16-13(17)11-3-1-2-4-12(11)14(18)19/h5-8,11-12H,1-4H2,(H,16,17)(H,18,19)/p-1/t11-,12-/m0/s1. The summed E-state index contributed by atoms with van der Waals surface area (Å²) in [5.74, 6) is -3.18. The van der Waals surface area contributed by atoms with E-state index < -0.39 is 17.8 Å². The van der Waals surface area contributed by atoms with E-state index >= 15 is 0 Å². The monoisotopic (exact) mass is 264 g/mol. The summed E-state index contributed by atoms with van der Waals surface area (Å²) in [6, 6.07) is 5.38. The van der Waals surface area contributed by atoms with Gasteiger partial charge in [-0.05, 0) is 37.1 Å². The molecule has 1 aromatic carbocycles. The second kappa shape index (κ2) is 5.82. The number of benzene rings is 1. The molecule has 1 saturated carbocycles. The van der Waals surface area contributed by atoms with Gasteiger partial charge in [0.15, 0.2) is 0 Å². The van der Waals surface area contributed by atoms with Gasteiger partial charge in [0.05, 0.1) is 0 Å². The Hall–Kier alpha value is -1.91. The van der Waals surface area contributed by atoms with E-state index in [0.29, 0.717) is 18.5 Å². The summed E-state index contributed by atoms with van der Waals surface area (Å²) in [4.78, 5) is 23.1. The Labute approximate surface area is 110 Å². The van der Waals surface area contributed by atoms with Gasteiger partial charge in [-0.15, -0.1) is 0 Å². The molecule has 102 valence electrons. The predicted octanol–water partition coefficient (Wildman–Crippen LogP) is 1.32. The fourth-order valence-electron chi connectivity index (χ4n) is 2.49. The number of carbonyl (C=O) groups is 2. The van der Waals surface area contributed by atoms with Gasteiger partial charge >= 0.3 is 0 Å². The molecule has 19 heavy (non-hydrogen) atoms. The van der Waals surface area contributed by atoms with Crippen LogP contribution in [0.1, 0.15) is 25.7 Å². The molecule has 1 aliphatic carbocycles. The summed E-state index contributed by atoms with van der Waals surface area (Å²) in [6.07, 6.45) is 2.67. The molecule has 2 atom stereocenters. The smallest absolute Gasteiger partial charge is 0.228 e. The minimum Gasteiger partial charge on any atom is -0.550 e. The molecule has 0 aliphatic heterocycles. The average Bonchev–Trinajstić information content (AvgIpc) is 2.41. The predicted molar refractivity (Wildman–Crippen MR) is 65.5 cm³/mol. The Morgan fingerprint density at radius 2 is 1.68 bits per heavy atom. The van der Waals surface area contributed by atoms with Gasteiger partial charge in [-0.1, -0.05) is 12.8 Å². The number of hydrogen-bond donors (Lipinski definition) is 1. The van der Waals surface area contributed by atoms with Gasteiger partial charge in [-0.2, -0.15) is 0 Å². The van der Waals surface area contributed by atoms with Crippen molar-refractivity contribution in [3.8, 4) is 0 Å². The summed E-state index contributed by atoms with van der Waals surface area (Å²) in [6.45, 7) is 0. The summed E-state index contributed by atoms with van der Waals surface area (Å²) in [5, 5.41) is 13.7. The lowest BCUT2D eigenvalue weighted by Crippen LogP contribution is -2.42. The van der Waals surface area contributed by atoms with Crippen LogP contribution < -0.4 is 10.4 Å². The second-order valence-electron chi connectivity index (χ2n) is 4.81. The SMILES string of the molecule is O=C([O-])[C@H]1CCCC[C@@H]1C(=O)Nc1ccc(F)cc1. The van der Waals surface area contributed by atoms with Crippen molar-refractivity contribution in [3.63, 3.8) is 0 Å². The Bertz CT molecular complexity index is 472. The van der Waals surface area contributed by atoms with Crippen LogP contribution >= 0.6 is 0 Å². The van der Waals surface area contributed by atoms with Crippen molar-refractivity contribution in [3.05, 3.63) is 30.1 Å². The Morgan fingerprint density at radius 1 is 1.11 bits per heavy atom. The Kier molecular flexibility index (Phi) is 4.14. The number of aliphatic carboxylic acids is 1. The molecule has 1 aromatic rings. The van der Waals surface area contributed by atoms with E-state index in [1.807, 2.05) is 0 Å². The zero-order chi connectivity index (χ0) is 13.8. The van der Waals surface area contributed by atoms with Crippen LogP contribution in [-0.4, -0.2) is 11.9 Å². The molecule has 5 heteroatoms. The zero-order valence-electron chi connectivity index (χ0n) is 10.4. The van der Waals surface area contributed by atoms with Crippen molar-refractivity contribution >= 4 is 17.6 Å². The number of carboxylic acids is 1. The van der Waals surface area contributed by atoms with Gasteiger partial charge in [0, 0.05) is 23.5 Å². The number of carboxylic acid groups (broad SMARTS) is 1.